The first-order valence-electron chi connectivity index (χ1n) is 9.14. The summed E-state index contributed by atoms with van der Waals surface area (Å²) in [5, 5.41) is 2.90. The third-order valence-corrected chi connectivity index (χ3v) is 5.35. The molecule has 0 aliphatic carbocycles. The standard InChI is InChI=1S/C19H24N2O4/c22-18-10-14-6-7-15(11-20-18)21(14)19(23)13-3-1-4-16(9-13)25-12-17-5-2-8-24-17/h1,3-4,9,14-15,17H,2,5-8,10-12H2,(H,20,22). The SMILES string of the molecule is O=C1CC2CCC(CN1)N2C(=O)c1cccc(OCC2CCCO2)c1. The second kappa shape index (κ2) is 7.04. The molecular formula is C19H24N2O4. The van der Waals surface area contributed by atoms with Crippen LogP contribution in [0.5, 0.6) is 5.75 Å². The zero-order chi connectivity index (χ0) is 17.2. The first kappa shape index (κ1) is 16.4. The minimum atomic E-state index is -0.00781. The summed E-state index contributed by atoms with van der Waals surface area (Å²) < 4.78 is 11.4. The number of hydrogen-bond acceptors (Lipinski definition) is 4. The molecule has 0 radical (unpaired) electrons. The zero-order valence-electron chi connectivity index (χ0n) is 14.3. The van der Waals surface area contributed by atoms with Crippen LogP contribution in [0.15, 0.2) is 24.3 Å². The van der Waals surface area contributed by atoms with E-state index in [0.717, 1.165) is 32.3 Å². The van der Waals surface area contributed by atoms with Gasteiger partial charge in [-0.2, -0.15) is 0 Å². The summed E-state index contributed by atoms with van der Waals surface area (Å²) >= 11 is 0. The van der Waals surface area contributed by atoms with Crippen molar-refractivity contribution in [3.63, 3.8) is 0 Å². The van der Waals surface area contributed by atoms with Gasteiger partial charge >= 0.3 is 0 Å². The highest BCUT2D eigenvalue weighted by Gasteiger charge is 2.40. The van der Waals surface area contributed by atoms with Crippen molar-refractivity contribution in [2.24, 2.45) is 0 Å². The zero-order valence-corrected chi connectivity index (χ0v) is 14.3. The van der Waals surface area contributed by atoms with Gasteiger partial charge in [0.15, 0.2) is 0 Å². The number of rotatable bonds is 4. The van der Waals surface area contributed by atoms with Crippen molar-refractivity contribution in [2.45, 2.75) is 50.3 Å². The topological polar surface area (TPSA) is 67.9 Å². The molecule has 0 spiro atoms. The minimum absolute atomic E-state index is 0.00781. The number of carbonyl (C=O) groups excluding carboxylic acids is 2. The fraction of sp³-hybridized carbons (Fsp3) is 0.579. The lowest BCUT2D eigenvalue weighted by molar-refractivity contribution is -0.121. The molecule has 1 aromatic rings. The van der Waals surface area contributed by atoms with Gasteiger partial charge in [-0.1, -0.05) is 6.07 Å². The molecule has 25 heavy (non-hydrogen) atoms. The molecule has 3 aliphatic heterocycles. The minimum Gasteiger partial charge on any atom is -0.491 e. The summed E-state index contributed by atoms with van der Waals surface area (Å²) in [6.07, 6.45) is 4.51. The number of nitrogens with one attached hydrogen (secondary N) is 1. The monoisotopic (exact) mass is 344 g/mol. The number of carbonyl (C=O) groups is 2. The highest BCUT2D eigenvalue weighted by molar-refractivity contribution is 5.96. The number of ether oxygens (including phenoxy) is 2. The number of benzene rings is 1. The van der Waals surface area contributed by atoms with Crippen LogP contribution in [0.3, 0.4) is 0 Å². The molecule has 3 heterocycles. The van der Waals surface area contributed by atoms with Gasteiger partial charge in [0.1, 0.15) is 12.4 Å². The van der Waals surface area contributed by atoms with Gasteiger partial charge in [-0.25, -0.2) is 0 Å². The maximum atomic E-state index is 13.0. The first-order chi connectivity index (χ1) is 12.2. The number of amides is 2. The average Bonchev–Trinajstić information content (AvgIpc) is 3.23. The van der Waals surface area contributed by atoms with Gasteiger partial charge in [-0.15, -0.1) is 0 Å². The summed E-state index contributed by atoms with van der Waals surface area (Å²) in [4.78, 5) is 26.7. The predicted molar refractivity (Wildman–Crippen MR) is 91.5 cm³/mol. The van der Waals surface area contributed by atoms with E-state index < -0.39 is 0 Å². The highest BCUT2D eigenvalue weighted by atomic mass is 16.5. The Bertz CT molecular complexity index is 657. The smallest absolute Gasteiger partial charge is 0.254 e. The summed E-state index contributed by atoms with van der Waals surface area (Å²) in [7, 11) is 0. The summed E-state index contributed by atoms with van der Waals surface area (Å²) in [5.74, 6) is 0.725. The second-order valence-electron chi connectivity index (χ2n) is 7.08. The lowest BCUT2D eigenvalue weighted by atomic mass is 10.1. The fourth-order valence-electron chi connectivity index (χ4n) is 4.04. The maximum Gasteiger partial charge on any atom is 0.254 e. The third-order valence-electron chi connectivity index (χ3n) is 5.35. The molecule has 3 saturated heterocycles. The molecule has 3 fully saturated rings. The van der Waals surface area contributed by atoms with Crippen molar-refractivity contribution in [3.05, 3.63) is 29.8 Å². The maximum absolute atomic E-state index is 13.0. The second-order valence-corrected chi connectivity index (χ2v) is 7.08. The van der Waals surface area contributed by atoms with E-state index in [-0.39, 0.29) is 30.0 Å². The molecule has 0 aromatic heterocycles. The van der Waals surface area contributed by atoms with E-state index in [1.54, 1.807) is 6.07 Å². The van der Waals surface area contributed by atoms with Crippen molar-refractivity contribution in [1.29, 1.82) is 0 Å². The summed E-state index contributed by atoms with van der Waals surface area (Å²) in [6.45, 7) is 1.87. The molecule has 3 unspecified atom stereocenters. The van der Waals surface area contributed by atoms with Gasteiger partial charge in [0.05, 0.1) is 6.10 Å². The van der Waals surface area contributed by atoms with E-state index in [1.165, 1.54) is 0 Å². The Morgan fingerprint density at radius 3 is 3.00 bits per heavy atom. The van der Waals surface area contributed by atoms with Crippen LogP contribution in [-0.4, -0.2) is 54.7 Å². The van der Waals surface area contributed by atoms with Crippen LogP contribution in [0, 0.1) is 0 Å². The predicted octanol–water partition coefficient (Wildman–Crippen LogP) is 1.74. The van der Waals surface area contributed by atoms with Crippen molar-refractivity contribution in [2.75, 3.05) is 19.8 Å². The van der Waals surface area contributed by atoms with Crippen LogP contribution in [0.4, 0.5) is 0 Å². The van der Waals surface area contributed by atoms with Crippen LogP contribution >= 0.6 is 0 Å². The quantitative estimate of drug-likeness (QED) is 0.903. The van der Waals surface area contributed by atoms with Crippen molar-refractivity contribution in [3.8, 4) is 5.75 Å². The molecule has 1 aromatic carbocycles. The van der Waals surface area contributed by atoms with E-state index >= 15 is 0 Å². The van der Waals surface area contributed by atoms with Gasteiger partial charge < -0.3 is 19.7 Å². The van der Waals surface area contributed by atoms with Crippen molar-refractivity contribution < 1.29 is 19.1 Å². The van der Waals surface area contributed by atoms with Crippen LogP contribution in [0.2, 0.25) is 0 Å². The Hall–Kier alpha value is -2.08. The van der Waals surface area contributed by atoms with Crippen LogP contribution < -0.4 is 10.1 Å². The van der Waals surface area contributed by atoms with E-state index in [2.05, 4.69) is 5.32 Å². The Morgan fingerprint density at radius 1 is 1.28 bits per heavy atom. The van der Waals surface area contributed by atoms with E-state index in [1.807, 2.05) is 23.1 Å². The molecule has 6 nitrogen and oxygen atoms in total. The van der Waals surface area contributed by atoms with E-state index in [0.29, 0.717) is 30.9 Å². The molecule has 2 bridgehead atoms. The summed E-state index contributed by atoms with van der Waals surface area (Å²) in [5.41, 5.74) is 0.621. The van der Waals surface area contributed by atoms with E-state index in [4.69, 9.17) is 9.47 Å². The average molecular weight is 344 g/mol. The Labute approximate surface area is 147 Å². The third kappa shape index (κ3) is 3.49. The first-order valence-corrected chi connectivity index (χ1v) is 9.14. The molecular weight excluding hydrogens is 320 g/mol. The Balaban J connectivity index is 1.46. The number of nitrogens with zero attached hydrogens (tertiary/aromatic N) is 1. The molecule has 4 rings (SSSR count). The van der Waals surface area contributed by atoms with Gasteiger partial charge in [-0.3, -0.25) is 9.59 Å². The normalized spacial score (nSPS) is 28.6. The molecule has 134 valence electrons. The molecule has 2 amide bonds. The Morgan fingerprint density at radius 2 is 2.16 bits per heavy atom. The van der Waals surface area contributed by atoms with Crippen LogP contribution in [-0.2, 0) is 9.53 Å². The number of fused-ring (bicyclic) bond motifs is 2. The number of hydrogen-bond donors (Lipinski definition) is 1. The Kier molecular flexibility index (Phi) is 4.61. The highest BCUT2D eigenvalue weighted by Crippen LogP contribution is 2.30. The van der Waals surface area contributed by atoms with Crippen molar-refractivity contribution in [1.82, 2.24) is 10.2 Å². The van der Waals surface area contributed by atoms with Gasteiger partial charge in [0.25, 0.3) is 5.91 Å². The molecule has 1 N–H and O–H groups in total. The largest absolute Gasteiger partial charge is 0.491 e. The van der Waals surface area contributed by atoms with Gasteiger partial charge in [-0.05, 0) is 43.9 Å². The fourth-order valence-corrected chi connectivity index (χ4v) is 4.04. The van der Waals surface area contributed by atoms with E-state index in [9.17, 15) is 9.59 Å². The lowest BCUT2D eigenvalue weighted by Gasteiger charge is -2.27. The lowest BCUT2D eigenvalue weighted by Crippen LogP contribution is -2.42. The summed E-state index contributed by atoms with van der Waals surface area (Å²) in [6, 6.07) is 7.45. The van der Waals surface area contributed by atoms with Crippen LogP contribution in [0.1, 0.15) is 42.5 Å². The molecule has 3 atom stereocenters. The van der Waals surface area contributed by atoms with Crippen molar-refractivity contribution >= 4 is 11.8 Å². The van der Waals surface area contributed by atoms with Crippen LogP contribution in [0.25, 0.3) is 0 Å². The molecule has 6 heteroatoms. The van der Waals surface area contributed by atoms with Gasteiger partial charge in [0.2, 0.25) is 5.91 Å². The molecule has 3 aliphatic rings. The van der Waals surface area contributed by atoms with Gasteiger partial charge in [0, 0.05) is 37.2 Å². The molecule has 0 saturated carbocycles.